The minimum Gasteiger partial charge on any atom is -0.497 e. The van der Waals surface area contributed by atoms with E-state index in [2.05, 4.69) is 30.4 Å². The fraction of sp³-hybridized carbons (Fsp3) is 0.250. The van der Waals surface area contributed by atoms with E-state index in [1.54, 1.807) is 7.11 Å². The number of ether oxygens (including phenoxy) is 1. The molecular formula is C16H18ClNO. The molecule has 0 heterocycles. The third kappa shape index (κ3) is 3.28. The van der Waals surface area contributed by atoms with Crippen LogP contribution in [0.15, 0.2) is 42.5 Å². The molecule has 2 aromatic carbocycles. The van der Waals surface area contributed by atoms with Gasteiger partial charge in [0.15, 0.2) is 0 Å². The molecule has 0 aliphatic carbocycles. The monoisotopic (exact) mass is 275 g/mol. The maximum absolute atomic E-state index is 6.14. The van der Waals surface area contributed by atoms with Gasteiger partial charge in [-0.1, -0.05) is 29.8 Å². The molecule has 0 bridgehead atoms. The van der Waals surface area contributed by atoms with Gasteiger partial charge in [-0.25, -0.2) is 0 Å². The van der Waals surface area contributed by atoms with Crippen LogP contribution in [0.25, 0.3) is 0 Å². The molecule has 2 rings (SSSR count). The lowest BCUT2D eigenvalue weighted by molar-refractivity contribution is 0.414. The largest absolute Gasteiger partial charge is 0.497 e. The van der Waals surface area contributed by atoms with Crippen LogP contribution >= 0.6 is 11.6 Å². The van der Waals surface area contributed by atoms with Crippen molar-refractivity contribution < 1.29 is 4.74 Å². The van der Waals surface area contributed by atoms with Crippen molar-refractivity contribution in [1.29, 1.82) is 0 Å². The fourth-order valence-corrected chi connectivity index (χ4v) is 2.55. The molecule has 1 atom stereocenters. The van der Waals surface area contributed by atoms with Crippen molar-refractivity contribution >= 4 is 11.6 Å². The van der Waals surface area contributed by atoms with Gasteiger partial charge in [0.25, 0.3) is 0 Å². The van der Waals surface area contributed by atoms with Crippen molar-refractivity contribution in [2.24, 2.45) is 0 Å². The average Bonchev–Trinajstić information content (AvgIpc) is 2.39. The van der Waals surface area contributed by atoms with Gasteiger partial charge in [0, 0.05) is 5.02 Å². The highest BCUT2D eigenvalue weighted by Crippen LogP contribution is 2.26. The number of hydrogen-bond acceptors (Lipinski definition) is 2. The van der Waals surface area contributed by atoms with Crippen LogP contribution in [-0.2, 0) is 0 Å². The van der Waals surface area contributed by atoms with Gasteiger partial charge in [0.2, 0.25) is 0 Å². The fourth-order valence-electron chi connectivity index (χ4n) is 2.25. The van der Waals surface area contributed by atoms with E-state index < -0.39 is 0 Å². The molecule has 3 heteroatoms. The Balaban J connectivity index is 2.37. The third-order valence-electron chi connectivity index (χ3n) is 3.14. The molecule has 19 heavy (non-hydrogen) atoms. The first-order chi connectivity index (χ1) is 9.13. The van der Waals surface area contributed by atoms with Gasteiger partial charge >= 0.3 is 0 Å². The molecule has 0 aromatic heterocycles. The summed E-state index contributed by atoms with van der Waals surface area (Å²) >= 11 is 6.14. The predicted molar refractivity (Wildman–Crippen MR) is 80.1 cm³/mol. The standard InChI is InChI=1S/C16H18ClNO/c1-11-8-13(10-14(17)9-11)16(18-2)12-4-6-15(19-3)7-5-12/h4-10,16,18H,1-3H3. The Morgan fingerprint density at radius 3 is 2.26 bits per heavy atom. The summed E-state index contributed by atoms with van der Waals surface area (Å²) in [6.45, 7) is 2.05. The highest BCUT2D eigenvalue weighted by molar-refractivity contribution is 6.30. The molecule has 0 saturated carbocycles. The molecule has 0 saturated heterocycles. The van der Waals surface area contributed by atoms with E-state index in [0.717, 1.165) is 21.9 Å². The molecule has 2 aromatic rings. The number of nitrogens with one attached hydrogen (secondary N) is 1. The van der Waals surface area contributed by atoms with Gasteiger partial charge in [0.05, 0.1) is 13.2 Å². The third-order valence-corrected chi connectivity index (χ3v) is 3.35. The second-order valence-corrected chi connectivity index (χ2v) is 4.99. The quantitative estimate of drug-likeness (QED) is 0.912. The number of hydrogen-bond donors (Lipinski definition) is 1. The van der Waals surface area contributed by atoms with E-state index >= 15 is 0 Å². The molecule has 0 spiro atoms. The molecule has 0 fully saturated rings. The molecule has 0 aliphatic rings. The van der Waals surface area contributed by atoms with Gasteiger partial charge < -0.3 is 10.1 Å². The highest BCUT2D eigenvalue weighted by atomic mass is 35.5. The number of aryl methyl sites for hydroxylation is 1. The SMILES string of the molecule is CNC(c1ccc(OC)cc1)c1cc(C)cc(Cl)c1. The maximum Gasteiger partial charge on any atom is 0.118 e. The van der Waals surface area contributed by atoms with Crippen LogP contribution in [0.5, 0.6) is 5.75 Å². The summed E-state index contributed by atoms with van der Waals surface area (Å²) in [6, 6.07) is 14.3. The summed E-state index contributed by atoms with van der Waals surface area (Å²) in [6.07, 6.45) is 0. The number of methoxy groups -OCH3 is 1. The highest BCUT2D eigenvalue weighted by Gasteiger charge is 2.12. The van der Waals surface area contributed by atoms with Crippen LogP contribution in [-0.4, -0.2) is 14.2 Å². The summed E-state index contributed by atoms with van der Waals surface area (Å²) in [4.78, 5) is 0. The first-order valence-electron chi connectivity index (χ1n) is 6.22. The lowest BCUT2D eigenvalue weighted by atomic mass is 9.97. The zero-order chi connectivity index (χ0) is 13.8. The second-order valence-electron chi connectivity index (χ2n) is 4.56. The minimum absolute atomic E-state index is 0.128. The lowest BCUT2D eigenvalue weighted by Gasteiger charge is -2.18. The molecular weight excluding hydrogens is 258 g/mol. The smallest absolute Gasteiger partial charge is 0.118 e. The van der Waals surface area contributed by atoms with Crippen LogP contribution in [0.4, 0.5) is 0 Å². The molecule has 0 radical (unpaired) electrons. The summed E-state index contributed by atoms with van der Waals surface area (Å²) < 4.78 is 5.18. The van der Waals surface area contributed by atoms with E-state index in [9.17, 15) is 0 Å². The van der Waals surface area contributed by atoms with E-state index in [1.165, 1.54) is 5.56 Å². The van der Waals surface area contributed by atoms with Crippen molar-refractivity contribution in [2.75, 3.05) is 14.2 Å². The van der Waals surface area contributed by atoms with E-state index in [1.807, 2.05) is 31.3 Å². The molecule has 1 N–H and O–H groups in total. The summed E-state index contributed by atoms with van der Waals surface area (Å²) in [5.74, 6) is 0.862. The van der Waals surface area contributed by atoms with Crippen molar-refractivity contribution in [3.8, 4) is 5.75 Å². The summed E-state index contributed by atoms with van der Waals surface area (Å²) in [5.41, 5.74) is 3.51. The molecule has 1 unspecified atom stereocenters. The van der Waals surface area contributed by atoms with Gasteiger partial charge in [-0.05, 0) is 54.9 Å². The van der Waals surface area contributed by atoms with Gasteiger partial charge in [-0.2, -0.15) is 0 Å². The number of halogens is 1. The van der Waals surface area contributed by atoms with Crippen LogP contribution in [0.2, 0.25) is 5.02 Å². The van der Waals surface area contributed by atoms with Crippen LogP contribution in [0.3, 0.4) is 0 Å². The average molecular weight is 276 g/mol. The normalized spacial score (nSPS) is 12.2. The zero-order valence-electron chi connectivity index (χ0n) is 11.4. The second kappa shape index (κ2) is 6.09. The Bertz CT molecular complexity index is 531. The molecule has 0 aliphatic heterocycles. The van der Waals surface area contributed by atoms with Crippen LogP contribution < -0.4 is 10.1 Å². The van der Waals surface area contributed by atoms with E-state index in [4.69, 9.17) is 16.3 Å². The molecule has 100 valence electrons. The zero-order valence-corrected chi connectivity index (χ0v) is 12.2. The molecule has 2 nitrogen and oxygen atoms in total. The Labute approximate surface area is 119 Å². The lowest BCUT2D eigenvalue weighted by Crippen LogP contribution is -2.17. The van der Waals surface area contributed by atoms with E-state index in [0.29, 0.717) is 0 Å². The first kappa shape index (κ1) is 13.9. The Morgan fingerprint density at radius 1 is 1.05 bits per heavy atom. The van der Waals surface area contributed by atoms with Gasteiger partial charge in [0.1, 0.15) is 5.75 Å². The molecule has 0 amide bonds. The van der Waals surface area contributed by atoms with E-state index in [-0.39, 0.29) is 6.04 Å². The minimum atomic E-state index is 0.128. The van der Waals surface area contributed by atoms with Crippen molar-refractivity contribution in [3.63, 3.8) is 0 Å². The number of benzene rings is 2. The van der Waals surface area contributed by atoms with Gasteiger partial charge in [-0.15, -0.1) is 0 Å². The first-order valence-corrected chi connectivity index (χ1v) is 6.60. The summed E-state index contributed by atoms with van der Waals surface area (Å²) in [7, 11) is 3.62. The Kier molecular flexibility index (Phi) is 4.46. The van der Waals surface area contributed by atoms with Crippen LogP contribution in [0, 0.1) is 6.92 Å². The van der Waals surface area contributed by atoms with Gasteiger partial charge in [-0.3, -0.25) is 0 Å². The van der Waals surface area contributed by atoms with Crippen molar-refractivity contribution in [1.82, 2.24) is 5.32 Å². The van der Waals surface area contributed by atoms with Crippen molar-refractivity contribution in [3.05, 3.63) is 64.2 Å². The van der Waals surface area contributed by atoms with Crippen LogP contribution in [0.1, 0.15) is 22.7 Å². The summed E-state index contributed by atoms with van der Waals surface area (Å²) in [5, 5.41) is 4.09. The topological polar surface area (TPSA) is 21.3 Å². The maximum atomic E-state index is 6.14. The Hall–Kier alpha value is -1.51. The Morgan fingerprint density at radius 2 is 1.74 bits per heavy atom. The van der Waals surface area contributed by atoms with Crippen molar-refractivity contribution in [2.45, 2.75) is 13.0 Å². The predicted octanol–water partition coefficient (Wildman–Crippen LogP) is 3.97. The number of rotatable bonds is 4.